The molecule has 0 amide bonds. The predicted molar refractivity (Wildman–Crippen MR) is 18.7 cm³/mol. The van der Waals surface area contributed by atoms with Crippen molar-refractivity contribution in [3.8, 4) is 0 Å². The Labute approximate surface area is 30.2 Å². The summed E-state index contributed by atoms with van der Waals surface area (Å²) in [7, 11) is 0. The molecule has 0 aliphatic rings. The Hall–Kier alpha value is -0.720. The summed E-state index contributed by atoms with van der Waals surface area (Å²) in [6.45, 7) is 0. The second kappa shape index (κ2) is 0.931. The van der Waals surface area contributed by atoms with E-state index in [1.807, 2.05) is 12.1 Å². The average Bonchev–Trinajstić information content (AvgIpc) is 1.76. The maximum atomic E-state index is 4.58. The van der Waals surface area contributed by atoms with Gasteiger partial charge >= 0.3 is 0 Å². The van der Waals surface area contributed by atoms with Gasteiger partial charge in [-0.1, -0.05) is 0 Å². The van der Waals surface area contributed by atoms with Gasteiger partial charge in [-0.25, -0.2) is 0 Å². The monoisotopic (exact) mass is 70.0 g/mol. The van der Waals surface area contributed by atoms with Gasteiger partial charge in [0.1, 0.15) is 0 Å². The molecular weight excluding hydrogens is 66.0 g/mol. The summed E-state index contributed by atoms with van der Waals surface area (Å²) in [5.41, 5.74) is 0. The van der Waals surface area contributed by atoms with E-state index < -0.39 is 0 Å². The SMILES string of the molecule is c1c[14cH]oc1. The number of rotatable bonds is 0. The summed E-state index contributed by atoms with van der Waals surface area (Å²) in [6.07, 6.45) is 3.25. The molecule has 0 saturated carbocycles. The van der Waals surface area contributed by atoms with Crippen LogP contribution in [0.25, 0.3) is 0 Å². The van der Waals surface area contributed by atoms with Gasteiger partial charge in [0.2, 0.25) is 0 Å². The molecule has 0 radical (unpaired) electrons. The van der Waals surface area contributed by atoms with Crippen LogP contribution in [-0.4, -0.2) is 0 Å². The smallest absolute Gasteiger partial charge is 0.0902 e. The molecule has 0 atom stereocenters. The van der Waals surface area contributed by atoms with Crippen molar-refractivity contribution in [3.05, 3.63) is 24.7 Å². The molecule has 1 nitrogen and oxygen atoms in total. The van der Waals surface area contributed by atoms with Crippen molar-refractivity contribution in [1.82, 2.24) is 0 Å². The van der Waals surface area contributed by atoms with E-state index in [0.717, 1.165) is 0 Å². The standard InChI is InChI=1S/C4H4O/c1-2-4-5-3-1/h1-4H/i3+2. The first kappa shape index (κ1) is 2.51. The van der Waals surface area contributed by atoms with Gasteiger partial charge in [-0.2, -0.15) is 0 Å². The van der Waals surface area contributed by atoms with Crippen LogP contribution >= 0.6 is 0 Å². The van der Waals surface area contributed by atoms with E-state index >= 15 is 0 Å². The lowest BCUT2D eigenvalue weighted by Crippen LogP contribution is -1.16. The maximum absolute atomic E-state index is 4.58. The van der Waals surface area contributed by atoms with Crippen LogP contribution in [0.1, 0.15) is 0 Å². The summed E-state index contributed by atoms with van der Waals surface area (Å²) >= 11 is 0. The molecule has 0 spiro atoms. The van der Waals surface area contributed by atoms with Crippen LogP contribution in [0.3, 0.4) is 0 Å². The molecule has 5 heavy (non-hydrogen) atoms. The number of furan rings is 1. The molecule has 1 heterocycles. The van der Waals surface area contributed by atoms with Gasteiger partial charge in [0, 0.05) is 0 Å². The zero-order valence-corrected chi connectivity index (χ0v) is 2.72. The van der Waals surface area contributed by atoms with E-state index in [4.69, 9.17) is 0 Å². The van der Waals surface area contributed by atoms with E-state index in [2.05, 4.69) is 4.42 Å². The van der Waals surface area contributed by atoms with E-state index in [-0.39, 0.29) is 0 Å². The lowest BCUT2D eigenvalue weighted by molar-refractivity contribution is 0.567. The van der Waals surface area contributed by atoms with E-state index in [1.54, 1.807) is 12.5 Å². The number of hydrogen-bond donors (Lipinski definition) is 0. The third-order valence-corrected chi connectivity index (χ3v) is 0.425. The first-order valence-corrected chi connectivity index (χ1v) is 1.47. The molecule has 1 rings (SSSR count). The third kappa shape index (κ3) is 0.293. The molecular formula is C4H4O. The molecule has 0 unspecified atom stereocenters. The van der Waals surface area contributed by atoms with Crippen LogP contribution in [-0.2, 0) is 0 Å². The van der Waals surface area contributed by atoms with Crippen LogP contribution in [0.4, 0.5) is 0 Å². The fourth-order valence-corrected chi connectivity index (χ4v) is 0.227. The first-order chi connectivity index (χ1) is 2.50. The van der Waals surface area contributed by atoms with Crippen LogP contribution in [0.2, 0.25) is 0 Å². The largest absolute Gasteiger partial charge is 0.473 e. The second-order valence-electron chi connectivity index (χ2n) is 0.793. The topological polar surface area (TPSA) is 13.1 Å². The van der Waals surface area contributed by atoms with Crippen LogP contribution in [0.5, 0.6) is 0 Å². The summed E-state index contributed by atoms with van der Waals surface area (Å²) in [5.74, 6) is 0. The summed E-state index contributed by atoms with van der Waals surface area (Å²) in [6, 6.07) is 3.67. The van der Waals surface area contributed by atoms with Gasteiger partial charge < -0.3 is 4.42 Å². The van der Waals surface area contributed by atoms with Crippen LogP contribution in [0, 0.1) is 0 Å². The summed E-state index contributed by atoms with van der Waals surface area (Å²) in [5, 5.41) is 0. The highest BCUT2D eigenvalue weighted by Gasteiger charge is 1.58. The number of hydrogen-bond acceptors (Lipinski definition) is 1. The van der Waals surface area contributed by atoms with Gasteiger partial charge in [-0.05, 0) is 12.1 Å². The first-order valence-electron chi connectivity index (χ1n) is 1.47. The Morgan fingerprint density at radius 1 is 1.60 bits per heavy atom. The van der Waals surface area contributed by atoms with Crippen molar-refractivity contribution in [2.24, 2.45) is 0 Å². The minimum absolute atomic E-state index is 1.62. The van der Waals surface area contributed by atoms with Crippen molar-refractivity contribution in [2.75, 3.05) is 0 Å². The van der Waals surface area contributed by atoms with Gasteiger partial charge in [0.05, 0.1) is 12.5 Å². The highest BCUT2D eigenvalue weighted by atomic mass is 16.4. The predicted octanol–water partition coefficient (Wildman–Crippen LogP) is 1.28. The summed E-state index contributed by atoms with van der Waals surface area (Å²) < 4.78 is 4.58. The van der Waals surface area contributed by atoms with Crippen molar-refractivity contribution < 1.29 is 4.42 Å². The third-order valence-electron chi connectivity index (χ3n) is 0.425. The van der Waals surface area contributed by atoms with Crippen molar-refractivity contribution in [3.63, 3.8) is 0 Å². The minimum atomic E-state index is 1.62. The maximum Gasteiger partial charge on any atom is 0.0902 e. The van der Waals surface area contributed by atoms with Crippen LogP contribution in [0.15, 0.2) is 29.1 Å². The molecule has 0 saturated heterocycles. The highest BCUT2D eigenvalue weighted by molar-refractivity contribution is 4.79. The molecule has 0 aromatic carbocycles. The van der Waals surface area contributed by atoms with Gasteiger partial charge in [-0.3, -0.25) is 0 Å². The normalized spacial score (nSPS) is 8.00. The highest BCUT2D eigenvalue weighted by Crippen LogP contribution is 1.79. The molecule has 0 aliphatic heterocycles. The Morgan fingerprint density at radius 2 is 2.60 bits per heavy atom. The van der Waals surface area contributed by atoms with Gasteiger partial charge in [-0.15, -0.1) is 0 Å². The Bertz CT molecular complexity index is 60.1. The van der Waals surface area contributed by atoms with Crippen LogP contribution < -0.4 is 0 Å². The van der Waals surface area contributed by atoms with E-state index in [0.29, 0.717) is 0 Å². The molecule has 0 bridgehead atoms. The lowest BCUT2D eigenvalue weighted by Gasteiger charge is -1.50. The quantitative estimate of drug-likeness (QED) is 0.448. The van der Waals surface area contributed by atoms with E-state index in [1.165, 1.54) is 0 Å². The average molecular weight is 70.1 g/mol. The Kier molecular flexibility index (Phi) is 0.468. The zero-order chi connectivity index (χ0) is 3.54. The zero-order valence-electron chi connectivity index (χ0n) is 2.72. The van der Waals surface area contributed by atoms with Crippen molar-refractivity contribution in [1.29, 1.82) is 0 Å². The minimum Gasteiger partial charge on any atom is -0.473 e. The molecule has 1 aromatic heterocycles. The van der Waals surface area contributed by atoms with Crippen molar-refractivity contribution in [2.45, 2.75) is 0 Å². The summed E-state index contributed by atoms with van der Waals surface area (Å²) in [4.78, 5) is 0. The van der Waals surface area contributed by atoms with Crippen molar-refractivity contribution >= 4 is 0 Å². The molecule has 0 fully saturated rings. The van der Waals surface area contributed by atoms with E-state index in [9.17, 15) is 0 Å². The molecule has 1 aromatic rings. The lowest BCUT2D eigenvalue weighted by atomic mass is 10.8. The van der Waals surface area contributed by atoms with Gasteiger partial charge in [0.15, 0.2) is 0 Å². The fourth-order valence-electron chi connectivity index (χ4n) is 0.227. The Morgan fingerprint density at radius 3 is 2.80 bits per heavy atom. The molecule has 1 heteroatoms. The second-order valence-corrected chi connectivity index (χ2v) is 0.793. The molecule has 0 aliphatic carbocycles. The molecule has 26 valence electrons. The van der Waals surface area contributed by atoms with Gasteiger partial charge in [0.25, 0.3) is 0 Å². The fraction of sp³-hybridized carbons (Fsp3) is 0. The molecule has 0 N–H and O–H groups in total. The Balaban J connectivity index is 3.13.